The van der Waals surface area contributed by atoms with Crippen LogP contribution in [0.4, 0.5) is 23.8 Å². The summed E-state index contributed by atoms with van der Waals surface area (Å²) in [5, 5.41) is 0. The van der Waals surface area contributed by atoms with Gasteiger partial charge in [0.05, 0.1) is 12.2 Å². The average molecular weight is 399 g/mol. The van der Waals surface area contributed by atoms with Gasteiger partial charge in [0.2, 0.25) is 0 Å². The molecule has 2 fully saturated rings. The third kappa shape index (κ3) is 5.75. The van der Waals surface area contributed by atoms with Crippen molar-refractivity contribution in [1.29, 1.82) is 0 Å². The number of amides is 1. The second kappa shape index (κ2) is 9.47. The predicted molar refractivity (Wildman–Crippen MR) is 100 cm³/mol. The number of hydrogen-bond donors (Lipinski definition) is 0. The van der Waals surface area contributed by atoms with Crippen molar-refractivity contribution in [3.8, 4) is 0 Å². The van der Waals surface area contributed by atoms with Gasteiger partial charge in [0, 0.05) is 32.4 Å². The highest BCUT2D eigenvalue weighted by molar-refractivity contribution is 5.68. The molecule has 0 N–H and O–H groups in total. The molecule has 1 aliphatic carbocycles. The maximum absolute atomic E-state index is 12.6. The summed E-state index contributed by atoms with van der Waals surface area (Å²) in [5.74, 6) is 1.28. The molecule has 28 heavy (non-hydrogen) atoms. The number of alkyl halides is 3. The molecule has 1 saturated carbocycles. The van der Waals surface area contributed by atoms with Gasteiger partial charge in [-0.15, -0.1) is 0 Å². The number of aromatic nitrogens is 1. The van der Waals surface area contributed by atoms with Crippen LogP contribution in [0.25, 0.3) is 0 Å². The van der Waals surface area contributed by atoms with Crippen LogP contribution >= 0.6 is 0 Å². The molecule has 2 heterocycles. The first-order chi connectivity index (χ1) is 13.4. The van der Waals surface area contributed by atoms with E-state index in [2.05, 4.69) is 4.98 Å². The molecular formula is C20H28F3N3O2. The molecule has 1 aliphatic heterocycles. The molecule has 1 aromatic heterocycles. The average Bonchev–Trinajstić information content (AvgIpc) is 2.71. The van der Waals surface area contributed by atoms with Gasteiger partial charge in [-0.25, -0.2) is 9.78 Å². The lowest BCUT2D eigenvalue weighted by molar-refractivity contribution is -0.137. The Balaban J connectivity index is 1.36. The molecule has 1 saturated heterocycles. The summed E-state index contributed by atoms with van der Waals surface area (Å²) >= 11 is 0. The van der Waals surface area contributed by atoms with E-state index in [0.29, 0.717) is 38.6 Å². The van der Waals surface area contributed by atoms with E-state index < -0.39 is 11.7 Å². The molecule has 2 aliphatic rings. The molecule has 0 unspecified atom stereocenters. The third-order valence-electron chi connectivity index (χ3n) is 5.64. The first-order valence-corrected chi connectivity index (χ1v) is 10.1. The Morgan fingerprint density at radius 2 is 1.82 bits per heavy atom. The van der Waals surface area contributed by atoms with E-state index in [0.717, 1.165) is 31.0 Å². The van der Waals surface area contributed by atoms with Crippen molar-refractivity contribution >= 4 is 11.9 Å². The van der Waals surface area contributed by atoms with Gasteiger partial charge in [-0.1, -0.05) is 32.1 Å². The summed E-state index contributed by atoms with van der Waals surface area (Å²) in [6, 6.07) is 2.41. The normalized spacial score (nSPS) is 19.0. The lowest BCUT2D eigenvalue weighted by Gasteiger charge is -2.34. The van der Waals surface area contributed by atoms with Gasteiger partial charge in [0.15, 0.2) is 0 Å². The number of carbonyl (C=O) groups is 1. The fourth-order valence-corrected chi connectivity index (χ4v) is 3.96. The zero-order valence-electron chi connectivity index (χ0n) is 16.1. The minimum atomic E-state index is -4.38. The van der Waals surface area contributed by atoms with Crippen molar-refractivity contribution in [3.05, 3.63) is 23.9 Å². The number of piperazine rings is 1. The standard InChI is InChI=1S/C20H28F3N3O2/c21-20(22,23)17-8-9-18(24-15-17)25-10-12-26(13-11-25)19(27)28-14-4-7-16-5-2-1-3-6-16/h8-9,15-16H,1-7,10-14H2. The Labute approximate surface area is 163 Å². The molecular weight excluding hydrogens is 371 g/mol. The van der Waals surface area contributed by atoms with Crippen molar-refractivity contribution in [1.82, 2.24) is 9.88 Å². The maximum Gasteiger partial charge on any atom is 0.417 e. The van der Waals surface area contributed by atoms with Crippen molar-refractivity contribution in [2.75, 3.05) is 37.7 Å². The van der Waals surface area contributed by atoms with Gasteiger partial charge in [-0.2, -0.15) is 13.2 Å². The van der Waals surface area contributed by atoms with E-state index in [1.165, 1.54) is 38.2 Å². The highest BCUT2D eigenvalue weighted by Gasteiger charge is 2.31. The highest BCUT2D eigenvalue weighted by Crippen LogP contribution is 2.29. The summed E-state index contributed by atoms with van der Waals surface area (Å²) in [4.78, 5) is 19.6. The van der Waals surface area contributed by atoms with Crippen molar-refractivity contribution < 1.29 is 22.7 Å². The quantitative estimate of drug-likeness (QED) is 0.672. The largest absolute Gasteiger partial charge is 0.449 e. The number of nitrogens with zero attached hydrogens (tertiary/aromatic N) is 3. The summed E-state index contributed by atoms with van der Waals surface area (Å²) in [6.45, 7) is 2.45. The topological polar surface area (TPSA) is 45.7 Å². The first-order valence-electron chi connectivity index (χ1n) is 10.1. The highest BCUT2D eigenvalue weighted by atomic mass is 19.4. The van der Waals surface area contributed by atoms with Crippen LogP contribution in [-0.2, 0) is 10.9 Å². The summed E-state index contributed by atoms with van der Waals surface area (Å²) in [7, 11) is 0. The van der Waals surface area contributed by atoms with E-state index in [1.54, 1.807) is 4.90 Å². The van der Waals surface area contributed by atoms with Crippen LogP contribution in [0, 0.1) is 5.92 Å². The van der Waals surface area contributed by atoms with E-state index in [4.69, 9.17) is 4.74 Å². The molecule has 0 spiro atoms. The number of hydrogen-bond acceptors (Lipinski definition) is 4. The Bertz CT molecular complexity index is 623. The molecule has 1 aromatic rings. The molecule has 0 aromatic carbocycles. The summed E-state index contributed by atoms with van der Waals surface area (Å²) < 4.78 is 43.3. The van der Waals surface area contributed by atoms with Gasteiger partial charge < -0.3 is 14.5 Å². The monoisotopic (exact) mass is 399 g/mol. The lowest BCUT2D eigenvalue weighted by Crippen LogP contribution is -2.49. The van der Waals surface area contributed by atoms with Gasteiger partial charge >= 0.3 is 12.3 Å². The number of carbonyl (C=O) groups excluding carboxylic acids is 1. The van der Waals surface area contributed by atoms with Gasteiger partial charge in [-0.3, -0.25) is 0 Å². The van der Waals surface area contributed by atoms with Gasteiger partial charge in [0.1, 0.15) is 5.82 Å². The zero-order valence-corrected chi connectivity index (χ0v) is 16.1. The van der Waals surface area contributed by atoms with Crippen LogP contribution in [0.1, 0.15) is 50.5 Å². The van der Waals surface area contributed by atoms with Crippen molar-refractivity contribution in [2.45, 2.75) is 51.1 Å². The number of rotatable bonds is 5. The Morgan fingerprint density at radius 1 is 1.11 bits per heavy atom. The van der Waals surface area contributed by atoms with Crippen LogP contribution in [0.5, 0.6) is 0 Å². The number of halogens is 3. The number of ether oxygens (including phenoxy) is 1. The zero-order chi connectivity index (χ0) is 20.0. The van der Waals surface area contributed by atoms with E-state index in [-0.39, 0.29) is 6.09 Å². The SMILES string of the molecule is O=C(OCCCC1CCCCC1)N1CCN(c2ccc(C(F)(F)F)cn2)CC1. The fourth-order valence-electron chi connectivity index (χ4n) is 3.96. The summed E-state index contributed by atoms with van der Waals surface area (Å²) in [6.07, 6.45) is 4.79. The Kier molecular flexibility index (Phi) is 7.02. The fraction of sp³-hybridized carbons (Fsp3) is 0.700. The molecule has 5 nitrogen and oxygen atoms in total. The van der Waals surface area contributed by atoms with E-state index in [9.17, 15) is 18.0 Å². The minimum absolute atomic E-state index is 0.302. The van der Waals surface area contributed by atoms with Crippen molar-refractivity contribution in [2.24, 2.45) is 5.92 Å². The smallest absolute Gasteiger partial charge is 0.417 e. The van der Waals surface area contributed by atoms with Crippen LogP contribution < -0.4 is 4.90 Å². The molecule has 3 rings (SSSR count). The molecule has 1 amide bonds. The Morgan fingerprint density at radius 3 is 2.43 bits per heavy atom. The summed E-state index contributed by atoms with van der Waals surface area (Å²) in [5.41, 5.74) is -0.758. The van der Waals surface area contributed by atoms with Crippen molar-refractivity contribution in [3.63, 3.8) is 0 Å². The molecule has 0 bridgehead atoms. The van der Waals surface area contributed by atoms with E-state index in [1.807, 2.05) is 4.90 Å². The number of pyridine rings is 1. The predicted octanol–water partition coefficient (Wildman–Crippen LogP) is 4.72. The number of anilines is 1. The van der Waals surface area contributed by atoms with Crippen LogP contribution in [-0.4, -0.2) is 48.8 Å². The Hall–Kier alpha value is -1.99. The second-order valence-corrected chi connectivity index (χ2v) is 7.64. The minimum Gasteiger partial charge on any atom is -0.449 e. The van der Waals surface area contributed by atoms with Crippen LogP contribution in [0.2, 0.25) is 0 Å². The van der Waals surface area contributed by atoms with Gasteiger partial charge in [-0.05, 0) is 30.9 Å². The second-order valence-electron chi connectivity index (χ2n) is 7.64. The first kappa shape index (κ1) is 20.7. The van der Waals surface area contributed by atoms with Crippen LogP contribution in [0.3, 0.4) is 0 Å². The van der Waals surface area contributed by atoms with Gasteiger partial charge in [0.25, 0.3) is 0 Å². The van der Waals surface area contributed by atoms with Crippen LogP contribution in [0.15, 0.2) is 18.3 Å². The molecule has 0 radical (unpaired) electrons. The molecule has 8 heteroatoms. The molecule has 156 valence electrons. The lowest BCUT2D eigenvalue weighted by atomic mass is 9.86. The maximum atomic E-state index is 12.6. The third-order valence-corrected chi connectivity index (χ3v) is 5.64. The van der Waals surface area contributed by atoms with E-state index >= 15 is 0 Å². The molecule has 0 atom stereocenters.